The molecule has 752 valence electrons. The Labute approximate surface area is 886 Å². The summed E-state index contributed by atoms with van der Waals surface area (Å²) in [5.74, 6) is 0.270. The second kappa shape index (κ2) is 48.1. The molecule has 0 spiro atoms. The molecule has 1 aliphatic carbocycles. The topological polar surface area (TPSA) is 408 Å². The van der Waals surface area contributed by atoms with Crippen LogP contribution in [0.2, 0.25) is 25.1 Å². The molecule has 2 aliphatic heterocycles. The number of hydrogen-bond donors (Lipinski definition) is 4. The van der Waals surface area contributed by atoms with E-state index in [9.17, 15) is 51.0 Å². The van der Waals surface area contributed by atoms with Gasteiger partial charge in [0.15, 0.2) is 18.3 Å². The van der Waals surface area contributed by atoms with Gasteiger partial charge in [-0.1, -0.05) is 283 Å². The number of carbonyl (C=O) groups is 1. The van der Waals surface area contributed by atoms with E-state index in [1.165, 1.54) is 73.3 Å². The number of nitrogens with zero attached hydrogens (tertiary/aromatic N) is 16. The number of ether oxygens (including phenoxy) is 3. The van der Waals surface area contributed by atoms with Crippen LogP contribution in [0, 0.1) is 106 Å². The standard InChI is InChI=1S/C35H27N3O2.C28H28ClFN6.C15H15ClN4O2.C15H17ClN4.C11H9FO2.C10H3Cl2N3O2/c1-5-14-24(15-6-1)30-32(26-18-9-3-10-19-26)39-34(37-30)28-22-13-23-29(36-28)35-38-31(25-16-7-2-8-17-25)33(40-35)27-20-11-4-12-21-27;1-28(2,3)16-33-26-19(13-31)14-32-27-23(26)11-17(12-24(27)29)10-22(18-4-6-20(30)7-5-18)25-15-36(35-34-25)21-8-9-21;1-15(2,3)8-19-13-9(6-17)7-18-14-11(13)4-10(20(21)22)5-12(14)16;1-15(2,3)8-20-13-9(6-17)7-19-14-11(13)4-10(18)5-12(14)16;1-3-11(14-8(2)13)9-4-6-10(12)7-5-9;11-8-2-6(15(16)17)1-7-9(12)5(3-13)4-14-10(7)8/h1-23,30-33H;4-7,11-12,14-15,21-22H,8-10,16H2,1-3H3,(H,32,33);4-5,7H,8H2,1-3H3,(H,18,19);4-5,7H,8,18H2,1-3H3,(H,19,20);1,4-7,11H,2H3;1-2,4H/t30-,31-,32+,33+;22-;;;;/m01..../s1/i;22D;;;11D;. The molecule has 6 atom stereocenters. The van der Waals surface area contributed by atoms with E-state index < -0.39 is 33.6 Å². The second-order valence-corrected chi connectivity index (χ2v) is 40.3. The van der Waals surface area contributed by atoms with E-state index >= 15 is 0 Å². The van der Waals surface area contributed by atoms with Crippen LogP contribution in [0.4, 0.5) is 42.9 Å². The Morgan fingerprint density at radius 2 is 0.893 bits per heavy atom. The van der Waals surface area contributed by atoms with Crippen molar-refractivity contribution >= 4 is 154 Å². The van der Waals surface area contributed by atoms with E-state index in [1.54, 1.807) is 30.3 Å². The van der Waals surface area contributed by atoms with Crippen molar-refractivity contribution in [3.8, 4) is 36.6 Å². The number of aliphatic imine (C=N–C) groups is 2. The van der Waals surface area contributed by atoms with Crippen LogP contribution >= 0.6 is 58.0 Å². The zero-order valence-electron chi connectivity index (χ0n) is 84.3. The van der Waals surface area contributed by atoms with E-state index in [2.05, 4.69) is 159 Å². The van der Waals surface area contributed by atoms with Gasteiger partial charge < -0.3 is 35.9 Å². The number of anilines is 4. The minimum Gasteiger partial charge on any atom is -0.465 e. The number of rotatable bonds is 21. The summed E-state index contributed by atoms with van der Waals surface area (Å²) < 4.78 is 63.2. The number of carbonyl (C=O) groups excluding carboxylic acids is 1. The fourth-order valence-corrected chi connectivity index (χ4v) is 17.0. The molecule has 0 bridgehead atoms. The molecule has 1 unspecified atom stereocenters. The van der Waals surface area contributed by atoms with Gasteiger partial charge in [-0.25, -0.2) is 28.4 Å². The molecule has 28 nitrogen and oxygen atoms in total. The zero-order valence-corrected chi connectivity index (χ0v) is 86.0. The Kier molecular flexibility index (Phi) is 34.0. The number of nitro benzene ring substituents is 2. The number of hydrogen-bond acceptors (Lipinski definition) is 25. The van der Waals surface area contributed by atoms with Crippen LogP contribution in [0.1, 0.15) is 205 Å². The van der Waals surface area contributed by atoms with Gasteiger partial charge in [-0.2, -0.15) is 21.0 Å². The second-order valence-electron chi connectivity index (χ2n) is 38.3. The molecule has 3 aliphatic rings. The van der Waals surface area contributed by atoms with E-state index in [0.717, 1.165) is 77.3 Å². The number of nitriles is 4. The Bertz CT molecular complexity index is 7960. The van der Waals surface area contributed by atoms with Crippen molar-refractivity contribution < 1.29 is 40.4 Å². The minimum atomic E-state index is -1.89. The third-order valence-corrected chi connectivity index (χ3v) is 24.6. The number of non-ortho nitro benzene ring substituents is 2. The predicted molar refractivity (Wildman–Crippen MR) is 579 cm³/mol. The normalized spacial score (nSPS) is 15.4. The lowest BCUT2D eigenvalue weighted by atomic mass is 9.89. The van der Waals surface area contributed by atoms with Crippen LogP contribution < -0.4 is 21.7 Å². The Morgan fingerprint density at radius 3 is 1.29 bits per heavy atom. The lowest BCUT2D eigenvalue weighted by Gasteiger charge is -2.22. The summed E-state index contributed by atoms with van der Waals surface area (Å²) >= 11 is 30.8. The SMILES string of the molecule is CC(C)(C)CNc1c(C#N)cnc2c(Cl)cc(N)cc12.CC(C)(C)CNc1c(C#N)cnc2c(Cl)cc([N+](=O)[O-])cc12.N#Cc1cnc2c(Cl)cc([N+](=O)[O-])cc2c1Cl.[2H]C(C#C)(OC(C)=O)c1ccc(F)cc1.[2H][C@@](Cc1cc(Cl)c2ncc(C#N)c(NCC(C)(C)C)c2c1)(c1ccc(F)cc1)c1cn(C2CC2)nn1.c1ccc([C@H]2OC(c3cccc(C4=N[C@@H](c5ccccc5)[C@@H](c5ccccc5)O4)n3)=N[C@H]2c2ccccc2)cc1. The van der Waals surface area contributed by atoms with E-state index in [0.29, 0.717) is 136 Å². The molecule has 0 amide bonds. The first kappa shape index (κ1) is 105. The van der Waals surface area contributed by atoms with Crippen LogP contribution in [0.25, 0.3) is 43.6 Å². The van der Waals surface area contributed by atoms with Gasteiger partial charge in [0.2, 0.25) is 11.8 Å². The number of pyridine rings is 5. The predicted octanol–water partition coefficient (Wildman–Crippen LogP) is 27.6. The summed E-state index contributed by atoms with van der Waals surface area (Å²) in [5, 5.41) is 80.9. The number of aromatic nitrogens is 8. The Balaban J connectivity index is 0.000000148. The molecule has 19 rings (SSSR count). The van der Waals surface area contributed by atoms with Gasteiger partial charge in [0.05, 0.1) is 109 Å². The van der Waals surface area contributed by atoms with E-state index in [4.69, 9.17) is 101 Å². The molecule has 1 saturated carbocycles. The van der Waals surface area contributed by atoms with Crippen molar-refractivity contribution in [2.75, 3.05) is 41.3 Å². The van der Waals surface area contributed by atoms with Crippen molar-refractivity contribution in [2.45, 2.75) is 131 Å². The highest BCUT2D eigenvalue weighted by molar-refractivity contribution is 6.40. The fraction of sp³-hybridized carbons (Fsp3) is 0.228. The van der Waals surface area contributed by atoms with Gasteiger partial charge >= 0.3 is 5.97 Å². The van der Waals surface area contributed by atoms with Gasteiger partial charge in [0, 0.05) is 122 Å². The van der Waals surface area contributed by atoms with Gasteiger partial charge in [0.1, 0.15) is 59.4 Å². The average Bonchev–Trinajstić information content (AvgIpc) is 1.75. The average molecular weight is 2090 g/mol. The summed E-state index contributed by atoms with van der Waals surface area (Å²) in [4.78, 5) is 63.1. The highest BCUT2D eigenvalue weighted by atomic mass is 35.5. The van der Waals surface area contributed by atoms with Crippen LogP contribution in [-0.2, 0) is 25.4 Å². The lowest BCUT2D eigenvalue weighted by Crippen LogP contribution is -2.19. The van der Waals surface area contributed by atoms with Crippen molar-refractivity contribution in [3.05, 3.63) is 403 Å². The number of nitrogens with two attached hydrogens (primary N) is 1. The van der Waals surface area contributed by atoms with Crippen molar-refractivity contribution in [1.82, 2.24) is 39.9 Å². The highest BCUT2D eigenvalue weighted by Gasteiger charge is 2.38. The first-order valence-corrected chi connectivity index (χ1v) is 48.6. The van der Waals surface area contributed by atoms with E-state index in [1.807, 2.05) is 141 Å². The number of benzene rings is 10. The largest absolute Gasteiger partial charge is 0.465 e. The third kappa shape index (κ3) is 27.8. The number of terminal acetylenes is 1. The molecule has 35 heteroatoms. The van der Waals surface area contributed by atoms with Crippen molar-refractivity contribution in [1.29, 1.82) is 21.0 Å². The first-order chi connectivity index (χ1) is 72.0. The number of nitrogen functional groups attached to an aromatic ring is 1. The highest BCUT2D eigenvalue weighted by Crippen LogP contribution is 2.46. The van der Waals surface area contributed by atoms with Crippen LogP contribution in [-0.4, -0.2) is 87.2 Å². The van der Waals surface area contributed by atoms with Crippen molar-refractivity contribution in [3.63, 3.8) is 0 Å². The van der Waals surface area contributed by atoms with Crippen LogP contribution in [0.5, 0.6) is 0 Å². The fourth-order valence-electron chi connectivity index (χ4n) is 15.7. The summed E-state index contributed by atoms with van der Waals surface area (Å²) in [5.41, 5.74) is 19.2. The number of nitrogens with one attached hydrogen (secondary N) is 3. The zero-order chi connectivity index (χ0) is 109. The number of nitro groups is 2. The molecule has 0 radical (unpaired) electrons. The molecule has 8 heterocycles. The summed E-state index contributed by atoms with van der Waals surface area (Å²) in [6, 6.07) is 78.2. The molecule has 10 aromatic carbocycles. The molecule has 16 aromatic rings. The van der Waals surface area contributed by atoms with Gasteiger partial charge in [0.25, 0.3) is 11.4 Å². The number of esters is 1. The maximum atomic E-state index is 13.8. The molecule has 5 N–H and O–H groups in total. The third-order valence-electron chi connectivity index (χ3n) is 23.1. The lowest BCUT2D eigenvalue weighted by molar-refractivity contribution is -0.384. The monoisotopic (exact) mass is 2090 g/mol. The quantitative estimate of drug-likeness (QED) is 0.0171. The van der Waals surface area contributed by atoms with Gasteiger partial charge in [-0.05, 0) is 130 Å². The summed E-state index contributed by atoms with van der Waals surface area (Å²) in [6.07, 6.45) is 12.6. The molecule has 149 heavy (non-hydrogen) atoms. The number of halogens is 7. The molecular weight excluding hydrogens is 1990 g/mol. The maximum absolute atomic E-state index is 13.8. The first-order valence-electron chi connectivity index (χ1n) is 47.8. The summed E-state index contributed by atoms with van der Waals surface area (Å²) in [7, 11) is 0. The molecule has 1 fully saturated rings. The molecular formula is C114H99Cl5F2N20O8. The number of fused-ring (bicyclic) bond motifs is 4. The molecule has 6 aromatic heterocycles. The smallest absolute Gasteiger partial charge is 0.304 e. The molecule has 0 saturated heterocycles. The van der Waals surface area contributed by atoms with Crippen LogP contribution in [0.3, 0.4) is 0 Å². The Morgan fingerprint density at radius 1 is 0.517 bits per heavy atom. The minimum absolute atomic E-state index is 0.0178. The Hall–Kier alpha value is -16.6. The maximum Gasteiger partial charge on any atom is 0.304 e. The van der Waals surface area contributed by atoms with Crippen LogP contribution in [0.15, 0.2) is 278 Å². The summed E-state index contributed by atoms with van der Waals surface area (Å²) in [6.45, 7) is 22.0. The van der Waals surface area contributed by atoms with Gasteiger partial charge in [-0.15, -0.1) is 11.5 Å². The van der Waals surface area contributed by atoms with Crippen molar-refractivity contribution in [2.24, 2.45) is 26.2 Å². The van der Waals surface area contributed by atoms with E-state index in [-0.39, 0.29) is 90.3 Å². The van der Waals surface area contributed by atoms with Gasteiger partial charge in [-0.3, -0.25) is 45.0 Å².